The fourth-order valence-electron chi connectivity index (χ4n) is 2.28. The van der Waals surface area contributed by atoms with E-state index in [-0.39, 0.29) is 5.78 Å². The first-order chi connectivity index (χ1) is 8.25. The molecule has 0 atom stereocenters. The second-order valence-electron chi connectivity index (χ2n) is 4.65. The highest BCUT2D eigenvalue weighted by Crippen LogP contribution is 2.17. The molecule has 0 aliphatic heterocycles. The quantitative estimate of drug-likeness (QED) is 0.831. The Morgan fingerprint density at radius 3 is 2.47 bits per heavy atom. The van der Waals surface area contributed by atoms with E-state index in [1.165, 1.54) is 32.1 Å². The Hall–Kier alpha value is -0.860. The van der Waals surface area contributed by atoms with Gasteiger partial charge < -0.3 is 5.32 Å². The standard InChI is InChI=1S/C14H18ClNO/c15-12-8-6-11(7-9-12)14(17)10-16-13-4-2-1-3-5-13/h6-9,13,16H,1-5,10H2. The third kappa shape index (κ3) is 3.83. The average molecular weight is 252 g/mol. The molecule has 1 N–H and O–H groups in total. The molecule has 1 aromatic rings. The Morgan fingerprint density at radius 2 is 1.82 bits per heavy atom. The number of carbonyl (C=O) groups is 1. The van der Waals surface area contributed by atoms with Crippen LogP contribution < -0.4 is 5.32 Å². The Morgan fingerprint density at radius 1 is 1.18 bits per heavy atom. The topological polar surface area (TPSA) is 29.1 Å². The van der Waals surface area contributed by atoms with Gasteiger partial charge in [-0.1, -0.05) is 30.9 Å². The summed E-state index contributed by atoms with van der Waals surface area (Å²) in [5, 5.41) is 4.02. The van der Waals surface area contributed by atoms with E-state index >= 15 is 0 Å². The monoisotopic (exact) mass is 251 g/mol. The first-order valence-electron chi connectivity index (χ1n) is 6.28. The summed E-state index contributed by atoms with van der Waals surface area (Å²) in [6.07, 6.45) is 6.31. The second kappa shape index (κ2) is 6.18. The van der Waals surface area contributed by atoms with Crippen LogP contribution in [0.15, 0.2) is 24.3 Å². The van der Waals surface area contributed by atoms with Gasteiger partial charge in [0.2, 0.25) is 0 Å². The Labute approximate surface area is 107 Å². The molecule has 1 aromatic carbocycles. The molecule has 0 bridgehead atoms. The molecular formula is C14H18ClNO. The van der Waals surface area contributed by atoms with Crippen LogP contribution in [0.25, 0.3) is 0 Å². The molecular weight excluding hydrogens is 234 g/mol. The maximum absolute atomic E-state index is 11.9. The van der Waals surface area contributed by atoms with Crippen molar-refractivity contribution in [1.82, 2.24) is 5.32 Å². The third-order valence-electron chi connectivity index (χ3n) is 3.32. The number of hydrogen-bond acceptors (Lipinski definition) is 2. The zero-order valence-corrected chi connectivity index (χ0v) is 10.7. The number of hydrogen-bond donors (Lipinski definition) is 1. The minimum absolute atomic E-state index is 0.146. The molecule has 3 heteroatoms. The Bertz CT molecular complexity index is 368. The molecule has 1 aliphatic carbocycles. The number of nitrogens with one attached hydrogen (secondary N) is 1. The maximum atomic E-state index is 11.9. The molecule has 2 nitrogen and oxygen atoms in total. The lowest BCUT2D eigenvalue weighted by atomic mass is 9.95. The fraction of sp³-hybridized carbons (Fsp3) is 0.500. The van der Waals surface area contributed by atoms with Crippen LogP contribution in [0.4, 0.5) is 0 Å². The van der Waals surface area contributed by atoms with Gasteiger partial charge >= 0.3 is 0 Å². The molecule has 17 heavy (non-hydrogen) atoms. The molecule has 1 saturated carbocycles. The number of ketones is 1. The first-order valence-corrected chi connectivity index (χ1v) is 6.65. The van der Waals surface area contributed by atoms with E-state index in [0.29, 0.717) is 17.6 Å². The molecule has 0 amide bonds. The normalized spacial score (nSPS) is 17.0. The largest absolute Gasteiger partial charge is 0.307 e. The number of halogens is 1. The highest BCUT2D eigenvalue weighted by molar-refractivity contribution is 6.30. The van der Waals surface area contributed by atoms with Crippen LogP contribution in [0.3, 0.4) is 0 Å². The molecule has 92 valence electrons. The number of Topliss-reactive ketones (excluding diaryl/α,β-unsaturated/α-hetero) is 1. The summed E-state index contributed by atoms with van der Waals surface area (Å²) in [6.45, 7) is 0.437. The summed E-state index contributed by atoms with van der Waals surface area (Å²) in [4.78, 5) is 11.9. The van der Waals surface area contributed by atoms with Gasteiger partial charge in [-0.15, -0.1) is 0 Å². The summed E-state index contributed by atoms with van der Waals surface area (Å²) in [5.74, 6) is 0.146. The van der Waals surface area contributed by atoms with Crippen molar-refractivity contribution in [2.45, 2.75) is 38.1 Å². The predicted molar refractivity (Wildman–Crippen MR) is 70.7 cm³/mol. The summed E-state index contributed by atoms with van der Waals surface area (Å²) in [6, 6.07) is 7.62. The van der Waals surface area contributed by atoms with Crippen molar-refractivity contribution in [3.8, 4) is 0 Å². The predicted octanol–water partition coefficient (Wildman–Crippen LogP) is 3.45. The van der Waals surface area contributed by atoms with E-state index in [1.54, 1.807) is 24.3 Å². The lowest BCUT2D eigenvalue weighted by Crippen LogP contribution is -2.35. The minimum atomic E-state index is 0.146. The molecule has 0 heterocycles. The Kier molecular flexibility index (Phi) is 4.57. The van der Waals surface area contributed by atoms with E-state index < -0.39 is 0 Å². The molecule has 0 radical (unpaired) electrons. The maximum Gasteiger partial charge on any atom is 0.176 e. The van der Waals surface area contributed by atoms with Crippen LogP contribution in [0.2, 0.25) is 5.02 Å². The van der Waals surface area contributed by atoms with Crippen molar-refractivity contribution < 1.29 is 4.79 Å². The van der Waals surface area contributed by atoms with Gasteiger partial charge in [0.25, 0.3) is 0 Å². The molecule has 0 spiro atoms. The zero-order valence-electron chi connectivity index (χ0n) is 9.92. The van der Waals surface area contributed by atoms with Crippen molar-refractivity contribution in [2.24, 2.45) is 0 Å². The third-order valence-corrected chi connectivity index (χ3v) is 3.57. The van der Waals surface area contributed by atoms with Crippen molar-refractivity contribution in [3.05, 3.63) is 34.9 Å². The van der Waals surface area contributed by atoms with Gasteiger partial charge in [-0.05, 0) is 37.1 Å². The first kappa shape index (κ1) is 12.6. The van der Waals surface area contributed by atoms with Gasteiger partial charge in [0.15, 0.2) is 5.78 Å². The van der Waals surface area contributed by atoms with E-state index in [1.807, 2.05) is 0 Å². The summed E-state index contributed by atoms with van der Waals surface area (Å²) in [7, 11) is 0. The average Bonchev–Trinajstić information content (AvgIpc) is 2.38. The second-order valence-corrected chi connectivity index (χ2v) is 5.08. The van der Waals surface area contributed by atoms with Gasteiger partial charge in [-0.2, -0.15) is 0 Å². The number of benzene rings is 1. The molecule has 1 aliphatic rings. The van der Waals surface area contributed by atoms with Gasteiger partial charge in [-0.25, -0.2) is 0 Å². The van der Waals surface area contributed by atoms with E-state index in [9.17, 15) is 4.79 Å². The Balaban J connectivity index is 1.82. The highest BCUT2D eigenvalue weighted by Gasteiger charge is 2.14. The lowest BCUT2D eigenvalue weighted by molar-refractivity contribution is 0.0985. The van der Waals surface area contributed by atoms with Gasteiger partial charge in [0.05, 0.1) is 6.54 Å². The van der Waals surface area contributed by atoms with E-state index in [4.69, 9.17) is 11.6 Å². The molecule has 0 unspecified atom stereocenters. The SMILES string of the molecule is O=C(CNC1CCCCC1)c1ccc(Cl)cc1. The van der Waals surface area contributed by atoms with E-state index in [0.717, 1.165) is 5.56 Å². The zero-order chi connectivity index (χ0) is 12.1. The summed E-state index contributed by atoms with van der Waals surface area (Å²) >= 11 is 5.79. The summed E-state index contributed by atoms with van der Waals surface area (Å²) in [5.41, 5.74) is 0.734. The van der Waals surface area contributed by atoms with Crippen LogP contribution in [0.5, 0.6) is 0 Å². The number of carbonyl (C=O) groups excluding carboxylic acids is 1. The van der Waals surface area contributed by atoms with Gasteiger partial charge in [0.1, 0.15) is 0 Å². The van der Waals surface area contributed by atoms with Gasteiger partial charge in [0, 0.05) is 16.6 Å². The smallest absolute Gasteiger partial charge is 0.176 e. The van der Waals surface area contributed by atoms with Crippen molar-refractivity contribution in [2.75, 3.05) is 6.54 Å². The highest BCUT2D eigenvalue weighted by atomic mass is 35.5. The van der Waals surface area contributed by atoms with Crippen molar-refractivity contribution in [1.29, 1.82) is 0 Å². The fourth-order valence-corrected chi connectivity index (χ4v) is 2.41. The molecule has 0 saturated heterocycles. The van der Waals surface area contributed by atoms with Crippen LogP contribution in [-0.4, -0.2) is 18.4 Å². The van der Waals surface area contributed by atoms with Gasteiger partial charge in [-0.3, -0.25) is 4.79 Å². The van der Waals surface area contributed by atoms with Crippen LogP contribution in [-0.2, 0) is 0 Å². The van der Waals surface area contributed by atoms with Crippen molar-refractivity contribution >= 4 is 17.4 Å². The minimum Gasteiger partial charge on any atom is -0.307 e. The van der Waals surface area contributed by atoms with Crippen LogP contribution in [0, 0.1) is 0 Å². The number of rotatable bonds is 4. The summed E-state index contributed by atoms with van der Waals surface area (Å²) < 4.78 is 0. The lowest BCUT2D eigenvalue weighted by Gasteiger charge is -2.22. The van der Waals surface area contributed by atoms with Crippen LogP contribution >= 0.6 is 11.6 Å². The molecule has 0 aromatic heterocycles. The van der Waals surface area contributed by atoms with Crippen LogP contribution in [0.1, 0.15) is 42.5 Å². The molecule has 2 rings (SSSR count). The van der Waals surface area contributed by atoms with Crippen molar-refractivity contribution in [3.63, 3.8) is 0 Å². The van der Waals surface area contributed by atoms with E-state index in [2.05, 4.69) is 5.32 Å². The molecule has 1 fully saturated rings.